The van der Waals surface area contributed by atoms with E-state index in [2.05, 4.69) is 19.1 Å². The molecule has 33 heavy (non-hydrogen) atoms. The first-order valence-corrected chi connectivity index (χ1v) is 13.0. The van der Waals surface area contributed by atoms with Crippen LogP contribution >= 0.6 is 11.6 Å². The minimum atomic E-state index is -0.456. The molecule has 0 N–H and O–H groups in total. The van der Waals surface area contributed by atoms with E-state index in [0.717, 1.165) is 17.8 Å². The Balaban J connectivity index is 1.29. The maximum atomic E-state index is 12.6. The summed E-state index contributed by atoms with van der Waals surface area (Å²) in [6.07, 6.45) is 13.7. The number of esters is 1. The molecule has 0 saturated heterocycles. The second-order valence-electron chi connectivity index (χ2n) is 9.94. The number of benzene rings is 2. The van der Waals surface area contributed by atoms with Gasteiger partial charge in [-0.05, 0) is 98.1 Å². The molecule has 0 heterocycles. The van der Waals surface area contributed by atoms with Crippen LogP contribution < -0.4 is 4.74 Å². The van der Waals surface area contributed by atoms with Crippen LogP contribution in [-0.2, 0) is 0 Å². The number of hydrogen-bond donors (Lipinski definition) is 0. The predicted octanol–water partition coefficient (Wildman–Crippen LogP) is 8.31. The molecule has 0 radical (unpaired) electrons. The molecule has 0 unspecified atom stereocenters. The summed E-state index contributed by atoms with van der Waals surface area (Å²) in [6, 6.07) is 14.5. The Bertz CT molecular complexity index is 978. The summed E-state index contributed by atoms with van der Waals surface area (Å²) in [4.78, 5) is 12.6. The van der Waals surface area contributed by atoms with Gasteiger partial charge in [-0.2, -0.15) is 5.26 Å². The Hall–Kier alpha value is -2.31. The number of nitrogens with zero attached hydrogens (tertiary/aromatic N) is 1. The molecule has 0 aromatic heterocycles. The molecule has 0 amide bonds. The number of carbonyl (C=O) groups is 1. The first-order valence-electron chi connectivity index (χ1n) is 12.6. The summed E-state index contributed by atoms with van der Waals surface area (Å²) in [5, 5.41) is 9.68. The smallest absolute Gasteiger partial charge is 0.343 e. The monoisotopic (exact) mass is 463 g/mol. The van der Waals surface area contributed by atoms with Crippen molar-refractivity contribution >= 4 is 17.6 Å². The van der Waals surface area contributed by atoms with E-state index >= 15 is 0 Å². The molecule has 4 heteroatoms. The molecular weight excluding hydrogens is 430 g/mol. The summed E-state index contributed by atoms with van der Waals surface area (Å²) < 4.78 is 5.45. The van der Waals surface area contributed by atoms with Crippen molar-refractivity contribution in [1.29, 1.82) is 5.26 Å². The standard InChI is InChI=1S/C29H34ClNO2/c1-2-3-20-4-6-21(7-5-20)22-8-10-23(11-9-22)24-12-14-25(15-13-24)29(32)33-28-17-16-27(30)18-26(28)19-31/h12-18,20-23H,2-11H2,1H3. The fourth-order valence-electron chi connectivity index (χ4n) is 6.01. The van der Waals surface area contributed by atoms with Crippen LogP contribution in [0.3, 0.4) is 0 Å². The Morgan fingerprint density at radius 3 is 2.21 bits per heavy atom. The number of rotatable bonds is 6. The van der Waals surface area contributed by atoms with E-state index in [4.69, 9.17) is 16.3 Å². The minimum Gasteiger partial charge on any atom is -0.422 e. The molecule has 0 spiro atoms. The van der Waals surface area contributed by atoms with Gasteiger partial charge in [-0.1, -0.05) is 56.3 Å². The number of carbonyl (C=O) groups excluding carboxylic acids is 1. The molecular formula is C29H34ClNO2. The zero-order chi connectivity index (χ0) is 23.2. The summed E-state index contributed by atoms with van der Waals surface area (Å²) in [7, 11) is 0. The van der Waals surface area contributed by atoms with Gasteiger partial charge < -0.3 is 4.74 Å². The average molecular weight is 464 g/mol. The molecule has 4 rings (SSSR count). The van der Waals surface area contributed by atoms with Gasteiger partial charge in [-0.15, -0.1) is 0 Å². The van der Waals surface area contributed by atoms with Gasteiger partial charge in [0.2, 0.25) is 0 Å². The van der Waals surface area contributed by atoms with Crippen molar-refractivity contribution in [2.24, 2.45) is 17.8 Å². The highest BCUT2D eigenvalue weighted by Crippen LogP contribution is 2.44. The van der Waals surface area contributed by atoms with Gasteiger partial charge >= 0.3 is 5.97 Å². The van der Waals surface area contributed by atoms with Crippen LogP contribution in [0.2, 0.25) is 5.02 Å². The van der Waals surface area contributed by atoms with E-state index in [0.29, 0.717) is 16.5 Å². The second-order valence-corrected chi connectivity index (χ2v) is 10.4. The summed E-state index contributed by atoms with van der Waals surface area (Å²) in [6.45, 7) is 2.31. The molecule has 174 valence electrons. The Morgan fingerprint density at radius 1 is 0.970 bits per heavy atom. The van der Waals surface area contributed by atoms with Crippen molar-refractivity contribution in [3.8, 4) is 11.8 Å². The Kier molecular flexibility index (Phi) is 8.10. The first-order chi connectivity index (χ1) is 16.1. The van der Waals surface area contributed by atoms with Gasteiger partial charge in [0, 0.05) is 5.02 Å². The maximum absolute atomic E-state index is 12.6. The lowest BCUT2D eigenvalue weighted by Gasteiger charge is -2.38. The van der Waals surface area contributed by atoms with Crippen LogP contribution in [0.1, 0.15) is 98.5 Å². The molecule has 2 aromatic carbocycles. The van der Waals surface area contributed by atoms with E-state index in [1.54, 1.807) is 12.1 Å². The SMILES string of the molecule is CCCC1CCC(C2CCC(c3ccc(C(=O)Oc4ccc(Cl)cc4C#N)cc3)CC2)CC1. The Labute approximate surface area is 203 Å². The normalized spacial score (nSPS) is 25.2. The van der Waals surface area contributed by atoms with Crippen molar-refractivity contribution in [2.45, 2.75) is 77.0 Å². The van der Waals surface area contributed by atoms with Crippen LogP contribution in [0.25, 0.3) is 0 Å². The lowest BCUT2D eigenvalue weighted by molar-refractivity contribution is 0.0734. The van der Waals surface area contributed by atoms with Crippen molar-refractivity contribution in [3.63, 3.8) is 0 Å². The maximum Gasteiger partial charge on any atom is 0.343 e. The zero-order valence-corrected chi connectivity index (χ0v) is 20.3. The highest BCUT2D eigenvalue weighted by atomic mass is 35.5. The van der Waals surface area contributed by atoms with Crippen LogP contribution in [0.5, 0.6) is 5.75 Å². The molecule has 0 aliphatic heterocycles. The predicted molar refractivity (Wildman–Crippen MR) is 133 cm³/mol. The number of ether oxygens (including phenoxy) is 1. The van der Waals surface area contributed by atoms with Gasteiger partial charge in [-0.25, -0.2) is 4.79 Å². The highest BCUT2D eigenvalue weighted by Gasteiger charge is 2.31. The van der Waals surface area contributed by atoms with E-state index in [9.17, 15) is 10.1 Å². The molecule has 3 nitrogen and oxygen atoms in total. The van der Waals surface area contributed by atoms with Crippen LogP contribution in [0.15, 0.2) is 42.5 Å². The van der Waals surface area contributed by atoms with Crippen molar-refractivity contribution in [1.82, 2.24) is 0 Å². The van der Waals surface area contributed by atoms with E-state index in [1.165, 1.54) is 75.8 Å². The summed E-state index contributed by atoms with van der Waals surface area (Å²) in [5.74, 6) is 3.21. The summed E-state index contributed by atoms with van der Waals surface area (Å²) in [5.41, 5.74) is 2.07. The van der Waals surface area contributed by atoms with Crippen molar-refractivity contribution in [3.05, 3.63) is 64.2 Å². The van der Waals surface area contributed by atoms with E-state index in [1.807, 2.05) is 18.2 Å². The Morgan fingerprint density at radius 2 is 1.61 bits per heavy atom. The molecule has 0 atom stereocenters. The third kappa shape index (κ3) is 5.98. The van der Waals surface area contributed by atoms with Gasteiger partial charge in [0.05, 0.1) is 11.1 Å². The fourth-order valence-corrected chi connectivity index (χ4v) is 6.18. The number of halogens is 1. The fraction of sp³-hybridized carbons (Fsp3) is 0.517. The zero-order valence-electron chi connectivity index (χ0n) is 19.6. The summed E-state index contributed by atoms with van der Waals surface area (Å²) >= 11 is 5.92. The number of nitriles is 1. The molecule has 2 aromatic rings. The van der Waals surface area contributed by atoms with Gasteiger partial charge in [0.1, 0.15) is 11.8 Å². The van der Waals surface area contributed by atoms with E-state index < -0.39 is 5.97 Å². The molecule has 2 fully saturated rings. The number of hydrogen-bond acceptors (Lipinski definition) is 3. The van der Waals surface area contributed by atoms with Crippen molar-refractivity contribution in [2.75, 3.05) is 0 Å². The lowest BCUT2D eigenvalue weighted by atomic mass is 9.68. The molecule has 2 aliphatic carbocycles. The lowest BCUT2D eigenvalue weighted by Crippen LogP contribution is -2.25. The third-order valence-corrected chi connectivity index (χ3v) is 8.14. The van der Waals surface area contributed by atoms with Gasteiger partial charge in [0.25, 0.3) is 0 Å². The minimum absolute atomic E-state index is 0.234. The third-order valence-electron chi connectivity index (χ3n) is 7.91. The van der Waals surface area contributed by atoms with Crippen molar-refractivity contribution < 1.29 is 9.53 Å². The van der Waals surface area contributed by atoms with Gasteiger partial charge in [0.15, 0.2) is 0 Å². The second kappa shape index (κ2) is 11.2. The largest absolute Gasteiger partial charge is 0.422 e. The molecule has 0 bridgehead atoms. The topological polar surface area (TPSA) is 50.1 Å². The van der Waals surface area contributed by atoms with E-state index in [-0.39, 0.29) is 11.3 Å². The highest BCUT2D eigenvalue weighted by molar-refractivity contribution is 6.30. The van der Waals surface area contributed by atoms with Crippen LogP contribution in [-0.4, -0.2) is 5.97 Å². The van der Waals surface area contributed by atoms with Crippen LogP contribution in [0.4, 0.5) is 0 Å². The van der Waals surface area contributed by atoms with Crippen LogP contribution in [0, 0.1) is 29.1 Å². The average Bonchev–Trinajstić information content (AvgIpc) is 2.86. The quantitative estimate of drug-likeness (QED) is 0.319. The van der Waals surface area contributed by atoms with Gasteiger partial charge in [-0.3, -0.25) is 0 Å². The molecule has 2 saturated carbocycles. The first kappa shape index (κ1) is 23.8. The molecule has 2 aliphatic rings.